The van der Waals surface area contributed by atoms with Crippen molar-refractivity contribution < 1.29 is 19.4 Å². The molecule has 114 valence electrons. The molecule has 0 radical (unpaired) electrons. The molecular formula is C16H21NO4. The SMILES string of the molecule is CC(C)(CN1CCO[C@H](C=O)C1)c1ccc(C(=O)O)cc1. The van der Waals surface area contributed by atoms with Gasteiger partial charge < -0.3 is 14.6 Å². The van der Waals surface area contributed by atoms with Crippen LogP contribution in [0.2, 0.25) is 0 Å². The zero-order valence-electron chi connectivity index (χ0n) is 12.4. The largest absolute Gasteiger partial charge is 0.478 e. The molecule has 0 aliphatic carbocycles. The van der Waals surface area contributed by atoms with Crippen molar-refractivity contribution in [1.82, 2.24) is 4.90 Å². The predicted molar refractivity (Wildman–Crippen MR) is 78.7 cm³/mol. The van der Waals surface area contributed by atoms with Gasteiger partial charge in [0.2, 0.25) is 0 Å². The van der Waals surface area contributed by atoms with Gasteiger partial charge in [-0.1, -0.05) is 26.0 Å². The maximum absolute atomic E-state index is 10.9. The summed E-state index contributed by atoms with van der Waals surface area (Å²) in [5.41, 5.74) is 1.26. The molecule has 1 aromatic carbocycles. The molecule has 21 heavy (non-hydrogen) atoms. The summed E-state index contributed by atoms with van der Waals surface area (Å²) >= 11 is 0. The van der Waals surface area contributed by atoms with Crippen molar-refractivity contribution in [3.63, 3.8) is 0 Å². The lowest BCUT2D eigenvalue weighted by Gasteiger charge is -2.37. The van der Waals surface area contributed by atoms with Gasteiger partial charge in [-0.2, -0.15) is 0 Å². The van der Waals surface area contributed by atoms with Crippen LogP contribution in [0.5, 0.6) is 0 Å². The Morgan fingerprint density at radius 2 is 2.10 bits per heavy atom. The number of rotatable bonds is 5. The Morgan fingerprint density at radius 3 is 2.67 bits per heavy atom. The summed E-state index contributed by atoms with van der Waals surface area (Å²) in [6.45, 7) is 7.02. The average molecular weight is 291 g/mol. The van der Waals surface area contributed by atoms with E-state index in [1.807, 2.05) is 12.1 Å². The fraction of sp³-hybridized carbons (Fsp3) is 0.500. The fourth-order valence-electron chi connectivity index (χ4n) is 2.67. The first kappa shape index (κ1) is 15.7. The number of benzene rings is 1. The second-order valence-corrected chi connectivity index (χ2v) is 6.05. The van der Waals surface area contributed by atoms with E-state index in [4.69, 9.17) is 9.84 Å². The van der Waals surface area contributed by atoms with Gasteiger partial charge in [0, 0.05) is 25.0 Å². The summed E-state index contributed by atoms with van der Waals surface area (Å²) in [7, 11) is 0. The Kier molecular flexibility index (Phi) is 4.75. The Hall–Kier alpha value is -1.72. The quantitative estimate of drug-likeness (QED) is 0.834. The number of hydrogen-bond donors (Lipinski definition) is 1. The fourth-order valence-corrected chi connectivity index (χ4v) is 2.67. The first-order chi connectivity index (χ1) is 9.92. The van der Waals surface area contributed by atoms with Crippen LogP contribution in [0.3, 0.4) is 0 Å². The summed E-state index contributed by atoms with van der Waals surface area (Å²) in [4.78, 5) is 23.9. The molecule has 1 saturated heterocycles. The van der Waals surface area contributed by atoms with E-state index in [9.17, 15) is 9.59 Å². The lowest BCUT2D eigenvalue weighted by molar-refractivity contribution is -0.123. The molecule has 1 heterocycles. The molecule has 1 aliphatic heterocycles. The van der Waals surface area contributed by atoms with Crippen LogP contribution in [-0.2, 0) is 14.9 Å². The number of aromatic carboxylic acids is 1. The van der Waals surface area contributed by atoms with Crippen molar-refractivity contribution in [2.75, 3.05) is 26.2 Å². The number of carbonyl (C=O) groups excluding carboxylic acids is 1. The number of ether oxygens (including phenoxy) is 1. The van der Waals surface area contributed by atoms with E-state index >= 15 is 0 Å². The van der Waals surface area contributed by atoms with Gasteiger partial charge in [-0.25, -0.2) is 4.79 Å². The third-order valence-electron chi connectivity index (χ3n) is 3.86. The summed E-state index contributed by atoms with van der Waals surface area (Å²) in [6.07, 6.45) is 0.504. The highest BCUT2D eigenvalue weighted by molar-refractivity contribution is 5.87. The van der Waals surface area contributed by atoms with Crippen LogP contribution in [0.1, 0.15) is 29.8 Å². The topological polar surface area (TPSA) is 66.8 Å². The monoisotopic (exact) mass is 291 g/mol. The molecule has 0 bridgehead atoms. The Morgan fingerprint density at radius 1 is 1.43 bits per heavy atom. The van der Waals surface area contributed by atoms with E-state index in [1.54, 1.807) is 12.1 Å². The molecule has 0 aromatic heterocycles. The number of carboxylic acid groups (broad SMARTS) is 1. The van der Waals surface area contributed by atoms with Crippen LogP contribution in [0.4, 0.5) is 0 Å². The molecule has 5 heteroatoms. The number of aldehydes is 1. The molecule has 2 rings (SSSR count). The molecule has 1 aromatic rings. The average Bonchev–Trinajstić information content (AvgIpc) is 2.47. The Labute approximate surface area is 124 Å². The normalized spacial score (nSPS) is 20.2. The second kappa shape index (κ2) is 6.37. The highest BCUT2D eigenvalue weighted by Gasteiger charge is 2.28. The maximum Gasteiger partial charge on any atom is 0.335 e. The highest BCUT2D eigenvalue weighted by Crippen LogP contribution is 2.25. The van der Waals surface area contributed by atoms with Gasteiger partial charge in [-0.15, -0.1) is 0 Å². The van der Waals surface area contributed by atoms with E-state index in [1.165, 1.54) is 0 Å². The van der Waals surface area contributed by atoms with Crippen molar-refractivity contribution in [3.05, 3.63) is 35.4 Å². The minimum atomic E-state index is -0.915. The van der Waals surface area contributed by atoms with Gasteiger partial charge >= 0.3 is 5.97 Å². The molecule has 0 amide bonds. The number of carbonyl (C=O) groups is 2. The summed E-state index contributed by atoms with van der Waals surface area (Å²) in [5, 5.41) is 8.94. The predicted octanol–water partition coefficient (Wildman–Crippen LogP) is 1.56. The first-order valence-corrected chi connectivity index (χ1v) is 7.05. The summed E-state index contributed by atoms with van der Waals surface area (Å²) in [6, 6.07) is 6.99. The number of hydrogen-bond acceptors (Lipinski definition) is 4. The van der Waals surface area contributed by atoms with Gasteiger partial charge in [-0.05, 0) is 17.7 Å². The third kappa shape index (κ3) is 3.89. The van der Waals surface area contributed by atoms with Gasteiger partial charge in [0.25, 0.3) is 0 Å². The van der Waals surface area contributed by atoms with Gasteiger partial charge in [-0.3, -0.25) is 4.90 Å². The van der Waals surface area contributed by atoms with Crippen molar-refractivity contribution in [2.45, 2.75) is 25.4 Å². The molecule has 1 fully saturated rings. The first-order valence-electron chi connectivity index (χ1n) is 7.05. The lowest BCUT2D eigenvalue weighted by atomic mass is 9.83. The molecule has 0 unspecified atom stereocenters. The number of carboxylic acids is 1. The molecular weight excluding hydrogens is 270 g/mol. The van der Waals surface area contributed by atoms with E-state index in [0.717, 1.165) is 24.9 Å². The van der Waals surface area contributed by atoms with E-state index in [0.29, 0.717) is 18.7 Å². The van der Waals surface area contributed by atoms with Crippen LogP contribution < -0.4 is 0 Å². The van der Waals surface area contributed by atoms with E-state index < -0.39 is 5.97 Å². The van der Waals surface area contributed by atoms with E-state index in [2.05, 4.69) is 18.7 Å². The van der Waals surface area contributed by atoms with Crippen LogP contribution in [0, 0.1) is 0 Å². The summed E-state index contributed by atoms with van der Waals surface area (Å²) in [5.74, 6) is -0.915. The molecule has 1 atom stereocenters. The van der Waals surface area contributed by atoms with Crippen molar-refractivity contribution in [3.8, 4) is 0 Å². The number of morpholine rings is 1. The smallest absolute Gasteiger partial charge is 0.335 e. The van der Waals surface area contributed by atoms with E-state index in [-0.39, 0.29) is 11.5 Å². The van der Waals surface area contributed by atoms with Gasteiger partial charge in [0.05, 0.1) is 12.2 Å². The highest BCUT2D eigenvalue weighted by atomic mass is 16.5. The molecule has 0 spiro atoms. The second-order valence-electron chi connectivity index (χ2n) is 6.05. The van der Waals surface area contributed by atoms with Crippen molar-refractivity contribution in [1.29, 1.82) is 0 Å². The van der Waals surface area contributed by atoms with Gasteiger partial charge in [0.1, 0.15) is 12.4 Å². The number of nitrogens with zero attached hydrogens (tertiary/aromatic N) is 1. The maximum atomic E-state index is 10.9. The van der Waals surface area contributed by atoms with Crippen LogP contribution >= 0.6 is 0 Å². The molecule has 5 nitrogen and oxygen atoms in total. The minimum Gasteiger partial charge on any atom is -0.478 e. The third-order valence-corrected chi connectivity index (χ3v) is 3.86. The molecule has 1 N–H and O–H groups in total. The zero-order valence-corrected chi connectivity index (χ0v) is 12.4. The van der Waals surface area contributed by atoms with Crippen LogP contribution in [0.25, 0.3) is 0 Å². The van der Waals surface area contributed by atoms with Gasteiger partial charge in [0.15, 0.2) is 0 Å². The summed E-state index contributed by atoms with van der Waals surface area (Å²) < 4.78 is 5.34. The Balaban J connectivity index is 2.06. The van der Waals surface area contributed by atoms with Crippen LogP contribution in [-0.4, -0.2) is 54.6 Å². The van der Waals surface area contributed by atoms with Crippen LogP contribution in [0.15, 0.2) is 24.3 Å². The minimum absolute atomic E-state index is 0.123. The standard InChI is InChI=1S/C16H21NO4/c1-16(2,11-17-7-8-21-14(9-17)10-18)13-5-3-12(4-6-13)15(19)20/h3-6,10,14H,7-9,11H2,1-2H3,(H,19,20)/t14-/m0/s1. The molecule has 0 saturated carbocycles. The lowest BCUT2D eigenvalue weighted by Crippen LogP contribution is -2.47. The molecule has 1 aliphatic rings. The Bertz CT molecular complexity index is 510. The zero-order chi connectivity index (χ0) is 15.5. The van der Waals surface area contributed by atoms with Crippen molar-refractivity contribution >= 4 is 12.3 Å². The van der Waals surface area contributed by atoms with Crippen molar-refractivity contribution in [2.24, 2.45) is 0 Å².